The molecular weight excluding hydrogens is 380 g/mol. The van der Waals surface area contributed by atoms with Gasteiger partial charge in [0.2, 0.25) is 10.0 Å². The maximum absolute atomic E-state index is 12.4. The minimum atomic E-state index is -4.00. The van der Waals surface area contributed by atoms with Gasteiger partial charge in [0.1, 0.15) is 4.90 Å². The van der Waals surface area contributed by atoms with Crippen LogP contribution in [0.25, 0.3) is 0 Å². The fourth-order valence-electron chi connectivity index (χ4n) is 1.81. The fraction of sp³-hybridized carbons (Fsp3) is 0.462. The van der Waals surface area contributed by atoms with Crippen LogP contribution in [0.5, 0.6) is 0 Å². The van der Waals surface area contributed by atoms with Crippen LogP contribution in [-0.4, -0.2) is 32.8 Å². The standard InChI is InChI=1S/C13H18BrClN2O3S/c1-4-8(2)7-17(3)13(18)10-5-9(14)6-11(12(10)15)21(16,19)20/h5-6,8H,4,7H2,1-3H3,(H2,16,19,20). The fourth-order valence-corrected chi connectivity index (χ4v) is 3.58. The van der Waals surface area contributed by atoms with Crippen molar-refractivity contribution >= 4 is 43.5 Å². The average Bonchev–Trinajstić information content (AvgIpc) is 2.38. The van der Waals surface area contributed by atoms with E-state index in [-0.39, 0.29) is 21.4 Å². The van der Waals surface area contributed by atoms with Gasteiger partial charge in [-0.1, -0.05) is 47.8 Å². The number of amides is 1. The number of carbonyl (C=O) groups is 1. The van der Waals surface area contributed by atoms with Gasteiger partial charge in [0, 0.05) is 18.1 Å². The summed E-state index contributed by atoms with van der Waals surface area (Å²) in [5, 5.41) is 4.96. The van der Waals surface area contributed by atoms with Gasteiger partial charge in [-0.2, -0.15) is 0 Å². The van der Waals surface area contributed by atoms with E-state index in [0.29, 0.717) is 16.9 Å². The molecule has 0 radical (unpaired) electrons. The number of carbonyl (C=O) groups excluding carboxylic acids is 1. The summed E-state index contributed by atoms with van der Waals surface area (Å²) in [5.41, 5.74) is 0.112. The third-order valence-corrected chi connectivity index (χ3v) is 5.08. The average molecular weight is 398 g/mol. The smallest absolute Gasteiger partial charge is 0.255 e. The van der Waals surface area contributed by atoms with Gasteiger partial charge in [-0.15, -0.1) is 0 Å². The highest BCUT2D eigenvalue weighted by atomic mass is 79.9. The monoisotopic (exact) mass is 396 g/mol. The molecule has 0 bridgehead atoms. The molecule has 1 rings (SSSR count). The van der Waals surface area contributed by atoms with E-state index >= 15 is 0 Å². The van der Waals surface area contributed by atoms with Crippen LogP contribution in [0.4, 0.5) is 0 Å². The molecule has 0 aliphatic rings. The Hall–Kier alpha value is -0.630. The molecule has 0 aliphatic carbocycles. The summed E-state index contributed by atoms with van der Waals surface area (Å²) >= 11 is 9.22. The molecule has 0 aromatic heterocycles. The Kier molecular flexibility index (Phi) is 6.22. The van der Waals surface area contributed by atoms with Crippen LogP contribution in [0.1, 0.15) is 30.6 Å². The number of rotatable bonds is 5. The zero-order valence-corrected chi connectivity index (χ0v) is 15.2. The summed E-state index contributed by atoms with van der Waals surface area (Å²) < 4.78 is 23.5. The minimum absolute atomic E-state index is 0.112. The molecule has 2 N–H and O–H groups in total. The topological polar surface area (TPSA) is 80.5 Å². The molecule has 1 amide bonds. The summed E-state index contributed by atoms with van der Waals surface area (Å²) in [6.45, 7) is 4.62. The molecule has 1 unspecified atom stereocenters. The van der Waals surface area contributed by atoms with Gasteiger partial charge in [0.25, 0.3) is 5.91 Å². The van der Waals surface area contributed by atoms with Crippen molar-refractivity contribution in [2.24, 2.45) is 11.1 Å². The van der Waals surface area contributed by atoms with Crippen molar-refractivity contribution in [2.75, 3.05) is 13.6 Å². The molecule has 1 aromatic carbocycles. The number of halogens is 2. The second-order valence-corrected chi connectivity index (χ2v) is 7.83. The van der Waals surface area contributed by atoms with Gasteiger partial charge in [-0.25, -0.2) is 13.6 Å². The first kappa shape index (κ1) is 18.4. The molecule has 0 fully saturated rings. The van der Waals surface area contributed by atoms with E-state index < -0.39 is 10.0 Å². The molecule has 0 heterocycles. The SMILES string of the molecule is CCC(C)CN(C)C(=O)c1cc(Br)cc(S(N)(=O)=O)c1Cl. The van der Waals surface area contributed by atoms with Crippen molar-refractivity contribution in [3.05, 3.63) is 27.2 Å². The highest BCUT2D eigenvalue weighted by Crippen LogP contribution is 2.29. The van der Waals surface area contributed by atoms with Gasteiger partial charge in [-0.05, 0) is 18.1 Å². The first-order valence-electron chi connectivity index (χ1n) is 6.35. The highest BCUT2D eigenvalue weighted by Gasteiger charge is 2.23. The van der Waals surface area contributed by atoms with E-state index in [1.807, 2.05) is 13.8 Å². The van der Waals surface area contributed by atoms with Gasteiger partial charge in [0.05, 0.1) is 10.6 Å². The molecule has 8 heteroatoms. The number of nitrogens with two attached hydrogens (primary N) is 1. The normalized spacial score (nSPS) is 13.0. The molecule has 118 valence electrons. The number of hydrogen-bond acceptors (Lipinski definition) is 3. The van der Waals surface area contributed by atoms with Gasteiger partial charge >= 0.3 is 0 Å². The molecule has 0 aliphatic heterocycles. The van der Waals surface area contributed by atoms with E-state index in [1.165, 1.54) is 17.0 Å². The number of hydrogen-bond donors (Lipinski definition) is 1. The Morgan fingerprint density at radius 2 is 2.05 bits per heavy atom. The summed E-state index contributed by atoms with van der Waals surface area (Å²) in [7, 11) is -2.34. The number of nitrogens with zero attached hydrogens (tertiary/aromatic N) is 1. The molecule has 0 spiro atoms. The van der Waals surface area contributed by atoms with Crippen LogP contribution in [0.15, 0.2) is 21.5 Å². The van der Waals surface area contributed by atoms with Crippen LogP contribution < -0.4 is 5.14 Å². The maximum atomic E-state index is 12.4. The number of sulfonamides is 1. The second-order valence-electron chi connectivity index (χ2n) is 5.01. The highest BCUT2D eigenvalue weighted by molar-refractivity contribution is 9.10. The lowest BCUT2D eigenvalue weighted by Crippen LogP contribution is -2.31. The first-order valence-corrected chi connectivity index (χ1v) is 9.07. The van der Waals surface area contributed by atoms with Crippen molar-refractivity contribution in [2.45, 2.75) is 25.2 Å². The van der Waals surface area contributed by atoms with Crippen molar-refractivity contribution in [1.82, 2.24) is 4.90 Å². The third-order valence-electron chi connectivity index (χ3n) is 3.17. The summed E-state index contributed by atoms with van der Waals surface area (Å²) in [6, 6.07) is 2.77. The predicted octanol–water partition coefficient (Wildman–Crippen LogP) is 2.87. The molecule has 1 atom stereocenters. The van der Waals surface area contributed by atoms with Crippen LogP contribution in [-0.2, 0) is 10.0 Å². The molecule has 5 nitrogen and oxygen atoms in total. The first-order chi connectivity index (χ1) is 9.57. The van der Waals surface area contributed by atoms with Crippen LogP contribution in [0, 0.1) is 5.92 Å². The lowest BCUT2D eigenvalue weighted by atomic mass is 10.1. The second kappa shape index (κ2) is 7.09. The summed E-state index contributed by atoms with van der Waals surface area (Å²) in [4.78, 5) is 13.7. The maximum Gasteiger partial charge on any atom is 0.255 e. The van der Waals surface area contributed by atoms with Crippen molar-refractivity contribution in [3.63, 3.8) is 0 Å². The Balaban J connectivity index is 3.25. The number of primary sulfonamides is 1. The summed E-state index contributed by atoms with van der Waals surface area (Å²) in [5.74, 6) is -0.00547. The van der Waals surface area contributed by atoms with Gasteiger partial charge < -0.3 is 4.90 Å². The van der Waals surface area contributed by atoms with E-state index in [4.69, 9.17) is 16.7 Å². The lowest BCUT2D eigenvalue weighted by molar-refractivity contribution is 0.0775. The van der Waals surface area contributed by atoms with Crippen molar-refractivity contribution in [1.29, 1.82) is 0 Å². The Bertz CT molecular complexity index is 649. The summed E-state index contributed by atoms with van der Waals surface area (Å²) in [6.07, 6.45) is 0.937. The molecule has 21 heavy (non-hydrogen) atoms. The Labute approximate surface area is 138 Å². The number of benzene rings is 1. The Morgan fingerprint density at radius 3 is 2.52 bits per heavy atom. The predicted molar refractivity (Wildman–Crippen MR) is 86.9 cm³/mol. The zero-order chi connectivity index (χ0) is 16.4. The van der Waals surface area contributed by atoms with Gasteiger partial charge in [-0.3, -0.25) is 4.79 Å². The van der Waals surface area contributed by atoms with Crippen molar-refractivity contribution in [3.8, 4) is 0 Å². The van der Waals surface area contributed by atoms with Crippen LogP contribution >= 0.6 is 27.5 Å². The van der Waals surface area contributed by atoms with E-state index in [0.717, 1.165) is 6.42 Å². The van der Waals surface area contributed by atoms with E-state index in [1.54, 1.807) is 7.05 Å². The minimum Gasteiger partial charge on any atom is -0.341 e. The molecule has 0 saturated heterocycles. The molecular formula is C13H18BrClN2O3S. The van der Waals surface area contributed by atoms with Crippen LogP contribution in [0.3, 0.4) is 0 Å². The molecule has 1 aromatic rings. The van der Waals surface area contributed by atoms with Gasteiger partial charge in [0.15, 0.2) is 0 Å². The quantitative estimate of drug-likeness (QED) is 0.829. The van der Waals surface area contributed by atoms with E-state index in [2.05, 4.69) is 15.9 Å². The Morgan fingerprint density at radius 1 is 1.48 bits per heavy atom. The van der Waals surface area contributed by atoms with Crippen LogP contribution in [0.2, 0.25) is 5.02 Å². The third kappa shape index (κ3) is 4.67. The zero-order valence-electron chi connectivity index (χ0n) is 12.1. The molecule has 0 saturated carbocycles. The lowest BCUT2D eigenvalue weighted by Gasteiger charge is -2.22. The largest absolute Gasteiger partial charge is 0.341 e. The van der Waals surface area contributed by atoms with E-state index in [9.17, 15) is 13.2 Å². The van der Waals surface area contributed by atoms with Crippen molar-refractivity contribution < 1.29 is 13.2 Å².